The van der Waals surface area contributed by atoms with Crippen LogP contribution in [0.2, 0.25) is 0 Å². The molecule has 2 aromatic rings. The monoisotopic (exact) mass is 406 g/mol. The number of phenols is 1. The van der Waals surface area contributed by atoms with Gasteiger partial charge in [0.05, 0.1) is 0 Å². The molecule has 4 rings (SSSR count). The molecule has 1 fully saturated rings. The van der Waals surface area contributed by atoms with Gasteiger partial charge in [-0.15, -0.1) is 0 Å². The molecule has 0 spiro atoms. The number of rotatable bonds is 5. The average molecular weight is 407 g/mol. The van der Waals surface area contributed by atoms with Crippen molar-refractivity contribution in [3.05, 3.63) is 76.1 Å². The number of nitrogens with two attached hydrogens (primary N) is 1. The van der Waals surface area contributed by atoms with Crippen LogP contribution >= 0.6 is 0 Å². The Hall–Kier alpha value is -2.30. The Morgan fingerprint density at radius 2 is 1.87 bits per heavy atom. The van der Waals surface area contributed by atoms with Crippen LogP contribution in [0.4, 0.5) is 0 Å². The predicted octanol–water partition coefficient (Wildman–Crippen LogP) is 4.82. The largest absolute Gasteiger partial charge is 0.507 e. The summed E-state index contributed by atoms with van der Waals surface area (Å²) in [6.45, 7) is 7.97. The maximum absolute atomic E-state index is 10.6. The molecule has 0 bridgehead atoms. The first-order valence-electron chi connectivity index (χ1n) is 11.2. The maximum Gasteiger partial charge on any atom is 0.136 e. The summed E-state index contributed by atoms with van der Waals surface area (Å²) in [5.74, 6) is 2.02. The van der Waals surface area contributed by atoms with E-state index >= 15 is 0 Å². The van der Waals surface area contributed by atoms with Crippen molar-refractivity contribution in [2.45, 2.75) is 51.6 Å². The molecular formula is C26H34N2O2. The molecule has 3 N–H and O–H groups in total. The van der Waals surface area contributed by atoms with Crippen molar-refractivity contribution in [1.82, 2.24) is 4.90 Å². The van der Waals surface area contributed by atoms with Crippen LogP contribution in [-0.4, -0.2) is 36.2 Å². The molecule has 0 aromatic heterocycles. The topological polar surface area (TPSA) is 58.7 Å². The minimum Gasteiger partial charge on any atom is -0.507 e. The van der Waals surface area contributed by atoms with Gasteiger partial charge in [-0.3, -0.25) is 0 Å². The summed E-state index contributed by atoms with van der Waals surface area (Å²) >= 11 is 0. The molecule has 160 valence electrons. The Balaban J connectivity index is 1.39. The van der Waals surface area contributed by atoms with Gasteiger partial charge < -0.3 is 20.5 Å². The highest BCUT2D eigenvalue weighted by molar-refractivity contribution is 5.49. The summed E-state index contributed by atoms with van der Waals surface area (Å²) in [6.07, 6.45) is 3.78. The minimum absolute atomic E-state index is 0.160. The zero-order valence-electron chi connectivity index (χ0n) is 18.2. The Morgan fingerprint density at radius 1 is 1.13 bits per heavy atom. The fourth-order valence-electron chi connectivity index (χ4n) is 4.73. The first-order valence-corrected chi connectivity index (χ1v) is 11.2. The van der Waals surface area contributed by atoms with Crippen LogP contribution in [0.15, 0.2) is 53.8 Å². The van der Waals surface area contributed by atoms with Crippen LogP contribution < -0.4 is 5.73 Å². The summed E-state index contributed by atoms with van der Waals surface area (Å²) in [7, 11) is 0. The Bertz CT molecular complexity index is 897. The number of aromatic hydroxyl groups is 1. The van der Waals surface area contributed by atoms with E-state index < -0.39 is 0 Å². The fourth-order valence-corrected chi connectivity index (χ4v) is 4.73. The highest BCUT2D eigenvalue weighted by Gasteiger charge is 2.29. The Morgan fingerprint density at radius 3 is 2.57 bits per heavy atom. The number of hydrogen-bond donors (Lipinski definition) is 2. The summed E-state index contributed by atoms with van der Waals surface area (Å²) in [5.41, 5.74) is 11.8. The van der Waals surface area contributed by atoms with Gasteiger partial charge in [-0.25, -0.2) is 0 Å². The van der Waals surface area contributed by atoms with Gasteiger partial charge in [0.2, 0.25) is 0 Å². The molecule has 0 amide bonds. The van der Waals surface area contributed by atoms with Gasteiger partial charge in [-0.1, -0.05) is 49.4 Å². The van der Waals surface area contributed by atoms with Crippen molar-refractivity contribution in [2.75, 3.05) is 26.2 Å². The third-order valence-electron chi connectivity index (χ3n) is 6.80. The zero-order valence-corrected chi connectivity index (χ0v) is 18.2. The number of benzene rings is 2. The number of likely N-dealkylation sites (tertiary alicyclic amines) is 1. The van der Waals surface area contributed by atoms with Gasteiger partial charge in [0.1, 0.15) is 17.6 Å². The number of aryl methyl sites for hydroxylation is 1. The van der Waals surface area contributed by atoms with E-state index in [-0.39, 0.29) is 6.10 Å². The Kier molecular flexibility index (Phi) is 6.45. The molecule has 2 aromatic carbocycles. The number of hydrogen-bond acceptors (Lipinski definition) is 4. The van der Waals surface area contributed by atoms with E-state index in [0.717, 1.165) is 54.9 Å². The molecule has 4 heteroatoms. The molecular weight excluding hydrogens is 372 g/mol. The van der Waals surface area contributed by atoms with Crippen LogP contribution in [0.5, 0.6) is 5.75 Å². The molecule has 0 saturated carbocycles. The van der Waals surface area contributed by atoms with E-state index in [1.807, 2.05) is 13.0 Å². The summed E-state index contributed by atoms with van der Waals surface area (Å²) in [6, 6.07) is 14.8. The second kappa shape index (κ2) is 9.23. The van der Waals surface area contributed by atoms with Crippen molar-refractivity contribution >= 4 is 0 Å². The molecule has 30 heavy (non-hydrogen) atoms. The lowest BCUT2D eigenvalue weighted by Gasteiger charge is -2.34. The van der Waals surface area contributed by atoms with Gasteiger partial charge in [-0.2, -0.15) is 0 Å². The quantitative estimate of drug-likeness (QED) is 0.748. The normalized spacial score (nSPS) is 20.6. The van der Waals surface area contributed by atoms with Crippen LogP contribution in [0, 0.1) is 6.92 Å². The van der Waals surface area contributed by atoms with E-state index in [1.165, 1.54) is 17.6 Å². The van der Waals surface area contributed by atoms with E-state index in [0.29, 0.717) is 24.6 Å². The first-order chi connectivity index (χ1) is 14.6. The number of fused-ring (bicyclic) bond motifs is 1. The minimum atomic E-state index is -0.160. The van der Waals surface area contributed by atoms with E-state index in [9.17, 15) is 5.11 Å². The van der Waals surface area contributed by atoms with Gasteiger partial charge in [0.25, 0.3) is 0 Å². The molecule has 4 nitrogen and oxygen atoms in total. The lowest BCUT2D eigenvalue weighted by atomic mass is 9.90. The number of allylic oxidation sites excluding steroid dienone is 1. The van der Waals surface area contributed by atoms with Crippen molar-refractivity contribution < 1.29 is 9.84 Å². The third-order valence-corrected chi connectivity index (χ3v) is 6.80. The van der Waals surface area contributed by atoms with Gasteiger partial charge in [0.15, 0.2) is 0 Å². The van der Waals surface area contributed by atoms with Crippen molar-refractivity contribution in [2.24, 2.45) is 5.73 Å². The van der Waals surface area contributed by atoms with Crippen LogP contribution in [0.1, 0.15) is 60.5 Å². The number of ether oxygens (including phenoxy) is 1. The van der Waals surface area contributed by atoms with Gasteiger partial charge in [0, 0.05) is 37.2 Å². The van der Waals surface area contributed by atoms with Gasteiger partial charge in [-0.05, 0) is 55.3 Å². The van der Waals surface area contributed by atoms with E-state index in [4.69, 9.17) is 10.5 Å². The Labute approximate surface area is 180 Å². The fraction of sp³-hybridized carbons (Fsp3) is 0.462. The molecule has 0 radical (unpaired) electrons. The van der Waals surface area contributed by atoms with E-state index in [2.05, 4.69) is 48.2 Å². The summed E-state index contributed by atoms with van der Waals surface area (Å²) < 4.78 is 6.31. The first kappa shape index (κ1) is 21.0. The zero-order chi connectivity index (χ0) is 21.1. The highest BCUT2D eigenvalue weighted by Crippen LogP contribution is 2.40. The SMILES string of the molecule is Cc1ccc2c(c1O)CC(=C1CCN(CCC(C)c3ccccc3)CC1)O[C@H]2CN. The molecule has 0 aliphatic carbocycles. The van der Waals surface area contributed by atoms with Crippen molar-refractivity contribution in [3.8, 4) is 5.75 Å². The number of piperidine rings is 1. The summed E-state index contributed by atoms with van der Waals surface area (Å²) in [5, 5.41) is 10.6. The van der Waals surface area contributed by atoms with E-state index in [1.54, 1.807) is 0 Å². The third kappa shape index (κ3) is 4.40. The maximum atomic E-state index is 10.6. The average Bonchev–Trinajstić information content (AvgIpc) is 2.80. The summed E-state index contributed by atoms with van der Waals surface area (Å²) in [4.78, 5) is 2.57. The molecule has 2 heterocycles. The predicted molar refractivity (Wildman–Crippen MR) is 122 cm³/mol. The van der Waals surface area contributed by atoms with Crippen LogP contribution in [-0.2, 0) is 11.2 Å². The lowest BCUT2D eigenvalue weighted by Crippen LogP contribution is -2.33. The molecule has 1 unspecified atom stereocenters. The van der Waals surface area contributed by atoms with Crippen LogP contribution in [0.3, 0.4) is 0 Å². The van der Waals surface area contributed by atoms with Gasteiger partial charge >= 0.3 is 0 Å². The lowest BCUT2D eigenvalue weighted by molar-refractivity contribution is 0.100. The second-order valence-electron chi connectivity index (χ2n) is 8.79. The van der Waals surface area contributed by atoms with Crippen molar-refractivity contribution in [3.63, 3.8) is 0 Å². The second-order valence-corrected chi connectivity index (χ2v) is 8.79. The smallest absolute Gasteiger partial charge is 0.136 e. The van der Waals surface area contributed by atoms with Crippen LogP contribution in [0.25, 0.3) is 0 Å². The molecule has 1 saturated heterocycles. The number of phenolic OH excluding ortho intramolecular Hbond substituents is 1. The van der Waals surface area contributed by atoms with Crippen molar-refractivity contribution in [1.29, 1.82) is 0 Å². The number of nitrogens with zero attached hydrogens (tertiary/aromatic N) is 1. The highest BCUT2D eigenvalue weighted by atomic mass is 16.5. The molecule has 2 aliphatic rings. The molecule has 2 atom stereocenters. The molecule has 2 aliphatic heterocycles. The standard InChI is InChI=1S/C26H34N2O2/c1-18(20-6-4-3-5-7-20)10-13-28-14-11-21(12-15-28)24-16-23-22(25(17-27)30-24)9-8-19(2)26(23)29/h3-9,18,25,29H,10-17,27H2,1-2H3/t18?,25-/m0/s1.